The lowest BCUT2D eigenvalue weighted by Gasteiger charge is -2.39. The smallest absolute Gasteiger partial charge is 0.227 e. The normalized spacial score (nSPS) is 17.5. The molecular weight excluding hydrogens is 362 g/mol. The van der Waals surface area contributed by atoms with Gasteiger partial charge in [0.05, 0.1) is 17.7 Å². The molecule has 0 unspecified atom stereocenters. The maximum atomic E-state index is 12.4. The fourth-order valence-corrected chi connectivity index (χ4v) is 3.98. The van der Waals surface area contributed by atoms with Crippen molar-refractivity contribution < 1.29 is 9.90 Å². The van der Waals surface area contributed by atoms with E-state index in [1.807, 2.05) is 43.5 Å². The molecule has 1 aromatic carbocycles. The second kappa shape index (κ2) is 8.21. The molecular formula is C24H27N3O2. The molecule has 29 heavy (non-hydrogen) atoms. The molecule has 5 nitrogen and oxygen atoms in total. The van der Waals surface area contributed by atoms with E-state index < -0.39 is 5.60 Å². The Hall–Kier alpha value is -2.92. The van der Waals surface area contributed by atoms with E-state index in [4.69, 9.17) is 0 Å². The van der Waals surface area contributed by atoms with Crippen LogP contribution in [0.4, 0.5) is 11.4 Å². The molecule has 1 fully saturated rings. The molecule has 0 atom stereocenters. The fraction of sp³-hybridized carbons (Fsp3) is 0.333. The minimum atomic E-state index is -0.967. The highest BCUT2D eigenvalue weighted by Crippen LogP contribution is 2.33. The molecule has 1 aliphatic heterocycles. The van der Waals surface area contributed by atoms with Crippen LogP contribution in [0, 0.1) is 6.92 Å². The summed E-state index contributed by atoms with van der Waals surface area (Å²) >= 11 is 0. The first kappa shape index (κ1) is 19.4. The van der Waals surface area contributed by atoms with Crippen LogP contribution in [0.2, 0.25) is 0 Å². The van der Waals surface area contributed by atoms with E-state index in [9.17, 15) is 9.90 Å². The summed E-state index contributed by atoms with van der Waals surface area (Å²) in [6, 6.07) is 9.74. The van der Waals surface area contributed by atoms with Crippen molar-refractivity contribution in [1.29, 1.82) is 0 Å². The third kappa shape index (κ3) is 4.57. The number of aromatic nitrogens is 1. The van der Waals surface area contributed by atoms with Gasteiger partial charge >= 0.3 is 0 Å². The first-order chi connectivity index (χ1) is 14.0. The van der Waals surface area contributed by atoms with Crippen molar-refractivity contribution in [2.24, 2.45) is 0 Å². The molecule has 2 N–H and O–H groups in total. The Morgan fingerprint density at radius 2 is 1.86 bits per heavy atom. The SMILES string of the molecule is Cc1ccc(NC(=O)CC2(O)CCN(c3ccnc4c3C=CCC=C4)CC2)cc1. The number of hydrogen-bond donors (Lipinski definition) is 2. The molecule has 0 bridgehead atoms. The van der Waals surface area contributed by atoms with Gasteiger partial charge in [-0.2, -0.15) is 0 Å². The van der Waals surface area contributed by atoms with Crippen LogP contribution in [-0.4, -0.2) is 34.7 Å². The Morgan fingerprint density at radius 1 is 1.14 bits per heavy atom. The first-order valence-corrected chi connectivity index (χ1v) is 10.2. The van der Waals surface area contributed by atoms with Crippen LogP contribution in [0.3, 0.4) is 0 Å². The number of rotatable bonds is 4. The summed E-state index contributed by atoms with van der Waals surface area (Å²) in [7, 11) is 0. The van der Waals surface area contributed by atoms with Gasteiger partial charge in [0.1, 0.15) is 0 Å². The predicted octanol–water partition coefficient (Wildman–Crippen LogP) is 4.18. The number of carbonyl (C=O) groups excluding carboxylic acids is 1. The molecule has 2 aromatic rings. The summed E-state index contributed by atoms with van der Waals surface area (Å²) in [5.41, 5.74) is 4.20. The molecule has 2 aliphatic rings. The van der Waals surface area contributed by atoms with Gasteiger partial charge < -0.3 is 15.3 Å². The molecule has 0 spiro atoms. The number of aliphatic hydroxyl groups is 1. The van der Waals surface area contributed by atoms with Gasteiger partial charge in [-0.05, 0) is 50.5 Å². The van der Waals surface area contributed by atoms with Crippen LogP contribution in [0.5, 0.6) is 0 Å². The average molecular weight is 389 g/mol. The summed E-state index contributed by atoms with van der Waals surface area (Å²) in [6.07, 6.45) is 12.4. The lowest BCUT2D eigenvalue weighted by molar-refractivity contribution is -0.121. The molecule has 150 valence electrons. The van der Waals surface area contributed by atoms with Gasteiger partial charge in [-0.3, -0.25) is 9.78 Å². The highest BCUT2D eigenvalue weighted by atomic mass is 16.3. The van der Waals surface area contributed by atoms with Crippen molar-refractivity contribution in [3.63, 3.8) is 0 Å². The van der Waals surface area contributed by atoms with Gasteiger partial charge in [-0.25, -0.2) is 0 Å². The Bertz CT molecular complexity index is 939. The van der Waals surface area contributed by atoms with Crippen molar-refractivity contribution >= 4 is 29.4 Å². The summed E-state index contributed by atoms with van der Waals surface area (Å²) in [6.45, 7) is 3.43. The third-order valence-electron chi connectivity index (χ3n) is 5.69. The van der Waals surface area contributed by atoms with Crippen LogP contribution in [0.15, 0.2) is 48.7 Å². The second-order valence-electron chi connectivity index (χ2n) is 7.97. The molecule has 0 saturated carbocycles. The number of benzene rings is 1. The lowest BCUT2D eigenvalue weighted by Crippen LogP contribution is -2.46. The largest absolute Gasteiger partial charge is 0.389 e. The average Bonchev–Trinajstić information content (AvgIpc) is 2.95. The number of carbonyl (C=O) groups is 1. The zero-order valence-corrected chi connectivity index (χ0v) is 16.8. The van der Waals surface area contributed by atoms with Gasteiger partial charge in [-0.1, -0.05) is 35.9 Å². The monoisotopic (exact) mass is 389 g/mol. The van der Waals surface area contributed by atoms with Crippen LogP contribution < -0.4 is 10.2 Å². The zero-order valence-electron chi connectivity index (χ0n) is 16.8. The van der Waals surface area contributed by atoms with E-state index >= 15 is 0 Å². The lowest BCUT2D eigenvalue weighted by atomic mass is 9.87. The van der Waals surface area contributed by atoms with E-state index in [1.165, 1.54) is 0 Å². The number of hydrogen-bond acceptors (Lipinski definition) is 4. The minimum Gasteiger partial charge on any atom is -0.389 e. The fourth-order valence-electron chi connectivity index (χ4n) is 3.98. The van der Waals surface area contributed by atoms with Gasteiger partial charge in [0, 0.05) is 36.2 Å². The molecule has 1 aromatic heterocycles. The molecule has 1 amide bonds. The van der Waals surface area contributed by atoms with E-state index in [1.54, 1.807) is 0 Å². The standard InChI is InChI=1S/C24H27N3O2/c1-18-7-9-19(10-8-18)26-23(28)17-24(29)12-15-27(16-13-24)22-11-14-25-21-6-4-2-3-5-20(21)22/h3-11,14,29H,2,12-13,15-17H2,1H3,(H,26,28). The Balaban J connectivity index is 1.39. The maximum Gasteiger partial charge on any atom is 0.227 e. The summed E-state index contributed by atoms with van der Waals surface area (Å²) in [4.78, 5) is 19.2. The molecule has 0 radical (unpaired) electrons. The molecule has 4 rings (SSSR count). The van der Waals surface area contributed by atoms with Crippen molar-refractivity contribution in [1.82, 2.24) is 4.98 Å². The summed E-state index contributed by atoms with van der Waals surface area (Å²) < 4.78 is 0. The first-order valence-electron chi connectivity index (χ1n) is 10.2. The Labute approximate surface area is 171 Å². The highest BCUT2D eigenvalue weighted by Gasteiger charge is 2.35. The van der Waals surface area contributed by atoms with Crippen molar-refractivity contribution in [3.8, 4) is 0 Å². The number of fused-ring (bicyclic) bond motifs is 1. The Morgan fingerprint density at radius 3 is 2.62 bits per heavy atom. The van der Waals surface area contributed by atoms with Crippen LogP contribution in [0.25, 0.3) is 12.2 Å². The van der Waals surface area contributed by atoms with E-state index in [2.05, 4.69) is 39.5 Å². The number of aryl methyl sites for hydroxylation is 1. The predicted molar refractivity (Wildman–Crippen MR) is 118 cm³/mol. The van der Waals surface area contributed by atoms with Crippen molar-refractivity contribution in [2.45, 2.75) is 38.2 Å². The number of pyridine rings is 1. The number of anilines is 2. The van der Waals surface area contributed by atoms with Gasteiger partial charge in [0.25, 0.3) is 0 Å². The molecule has 1 aliphatic carbocycles. The van der Waals surface area contributed by atoms with E-state index in [-0.39, 0.29) is 12.3 Å². The highest BCUT2D eigenvalue weighted by molar-refractivity contribution is 5.91. The third-order valence-corrected chi connectivity index (χ3v) is 5.69. The van der Waals surface area contributed by atoms with Gasteiger partial charge in [0.15, 0.2) is 0 Å². The zero-order chi connectivity index (χ0) is 20.3. The number of allylic oxidation sites excluding steroid dienone is 2. The number of nitrogens with one attached hydrogen (secondary N) is 1. The molecule has 5 heteroatoms. The van der Waals surface area contributed by atoms with Crippen LogP contribution >= 0.6 is 0 Å². The quantitative estimate of drug-likeness (QED) is 0.823. The second-order valence-corrected chi connectivity index (χ2v) is 7.97. The van der Waals surface area contributed by atoms with E-state index in [0.29, 0.717) is 25.9 Å². The number of amides is 1. The maximum absolute atomic E-state index is 12.4. The summed E-state index contributed by atoms with van der Waals surface area (Å²) in [5.74, 6) is -0.143. The summed E-state index contributed by atoms with van der Waals surface area (Å²) in [5, 5.41) is 13.9. The van der Waals surface area contributed by atoms with Crippen molar-refractivity contribution in [2.75, 3.05) is 23.3 Å². The Kier molecular flexibility index (Phi) is 5.49. The number of piperidine rings is 1. The minimum absolute atomic E-state index is 0.117. The molecule has 2 heterocycles. The molecule has 1 saturated heterocycles. The number of nitrogens with zero attached hydrogens (tertiary/aromatic N) is 2. The van der Waals surface area contributed by atoms with Crippen LogP contribution in [0.1, 0.15) is 42.5 Å². The van der Waals surface area contributed by atoms with E-state index in [0.717, 1.165) is 34.6 Å². The van der Waals surface area contributed by atoms with Gasteiger partial charge in [0.2, 0.25) is 5.91 Å². The van der Waals surface area contributed by atoms with Crippen LogP contribution in [-0.2, 0) is 4.79 Å². The topological polar surface area (TPSA) is 65.5 Å². The van der Waals surface area contributed by atoms with Gasteiger partial charge in [-0.15, -0.1) is 0 Å². The van der Waals surface area contributed by atoms with Crippen molar-refractivity contribution in [3.05, 3.63) is 65.5 Å².